The van der Waals surface area contributed by atoms with Crippen LogP contribution in [-0.4, -0.2) is 10.8 Å². The molecule has 4 nitrogen and oxygen atoms in total. The zero-order valence-electron chi connectivity index (χ0n) is 8.02. The van der Waals surface area contributed by atoms with Gasteiger partial charge in [0.15, 0.2) is 0 Å². The molecule has 0 spiro atoms. The summed E-state index contributed by atoms with van der Waals surface area (Å²) in [6, 6.07) is 4.60. The standard InChI is InChI=1S/C10H11ClN2O2/c11-6-2-1-3-8-4-5-9(12)7-10(8)13(14)15/h1,3-5,7H,2,6,12H2. The highest BCUT2D eigenvalue weighted by molar-refractivity contribution is 6.17. The number of nitro groups is 1. The maximum Gasteiger partial charge on any atom is 0.278 e. The Morgan fingerprint density at radius 2 is 2.27 bits per heavy atom. The predicted octanol–water partition coefficient (Wildman–Crippen LogP) is 2.82. The van der Waals surface area contributed by atoms with E-state index in [9.17, 15) is 10.1 Å². The first-order chi connectivity index (χ1) is 7.15. The number of anilines is 1. The van der Waals surface area contributed by atoms with E-state index < -0.39 is 4.92 Å². The number of nitrogens with two attached hydrogens (primary N) is 1. The zero-order valence-corrected chi connectivity index (χ0v) is 8.78. The van der Waals surface area contributed by atoms with Crippen LogP contribution < -0.4 is 5.73 Å². The van der Waals surface area contributed by atoms with Gasteiger partial charge in [0.1, 0.15) is 0 Å². The molecule has 0 aliphatic carbocycles. The second-order valence-corrected chi connectivity index (χ2v) is 3.33. The van der Waals surface area contributed by atoms with Crippen molar-refractivity contribution < 1.29 is 4.92 Å². The third kappa shape index (κ3) is 3.25. The molecule has 0 aromatic heterocycles. The molecule has 1 rings (SSSR count). The van der Waals surface area contributed by atoms with Crippen LogP contribution in [0.15, 0.2) is 24.3 Å². The molecule has 5 heteroatoms. The van der Waals surface area contributed by atoms with Gasteiger partial charge in [-0.05, 0) is 18.6 Å². The normalized spacial score (nSPS) is 10.7. The fourth-order valence-electron chi connectivity index (χ4n) is 1.13. The highest BCUT2D eigenvalue weighted by Crippen LogP contribution is 2.22. The van der Waals surface area contributed by atoms with Gasteiger partial charge in [-0.3, -0.25) is 10.1 Å². The van der Waals surface area contributed by atoms with Crippen LogP contribution in [0.3, 0.4) is 0 Å². The summed E-state index contributed by atoms with van der Waals surface area (Å²) in [6.45, 7) is 0. The van der Waals surface area contributed by atoms with Crippen molar-refractivity contribution in [2.75, 3.05) is 11.6 Å². The molecule has 0 aliphatic heterocycles. The fourth-order valence-corrected chi connectivity index (χ4v) is 1.26. The van der Waals surface area contributed by atoms with E-state index in [-0.39, 0.29) is 5.69 Å². The summed E-state index contributed by atoms with van der Waals surface area (Å²) >= 11 is 5.49. The zero-order chi connectivity index (χ0) is 11.3. The molecule has 0 radical (unpaired) electrons. The highest BCUT2D eigenvalue weighted by atomic mass is 35.5. The molecule has 1 aromatic carbocycles. The third-order valence-corrected chi connectivity index (χ3v) is 2.04. The molecule has 1 aromatic rings. The van der Waals surface area contributed by atoms with Crippen LogP contribution in [0, 0.1) is 10.1 Å². The van der Waals surface area contributed by atoms with Crippen molar-refractivity contribution in [3.8, 4) is 0 Å². The molecule has 0 fully saturated rings. The minimum absolute atomic E-state index is 0.0147. The van der Waals surface area contributed by atoms with Crippen molar-refractivity contribution in [3.63, 3.8) is 0 Å². The van der Waals surface area contributed by atoms with Crippen LogP contribution in [0.4, 0.5) is 11.4 Å². The lowest BCUT2D eigenvalue weighted by Gasteiger charge is -1.98. The van der Waals surface area contributed by atoms with Crippen molar-refractivity contribution in [1.82, 2.24) is 0 Å². The smallest absolute Gasteiger partial charge is 0.278 e. The first-order valence-corrected chi connectivity index (χ1v) is 4.95. The molecule has 0 atom stereocenters. The Hall–Kier alpha value is -1.55. The van der Waals surface area contributed by atoms with E-state index in [4.69, 9.17) is 17.3 Å². The van der Waals surface area contributed by atoms with Gasteiger partial charge in [-0.2, -0.15) is 0 Å². The van der Waals surface area contributed by atoms with Crippen LogP contribution in [0.1, 0.15) is 12.0 Å². The number of alkyl halides is 1. The van der Waals surface area contributed by atoms with E-state index in [0.29, 0.717) is 23.6 Å². The van der Waals surface area contributed by atoms with Gasteiger partial charge in [-0.1, -0.05) is 12.2 Å². The average molecular weight is 227 g/mol. The number of nitrogens with zero attached hydrogens (tertiary/aromatic N) is 1. The molecule has 0 saturated heterocycles. The van der Waals surface area contributed by atoms with Gasteiger partial charge in [0.2, 0.25) is 0 Å². The van der Waals surface area contributed by atoms with Crippen LogP contribution in [-0.2, 0) is 0 Å². The van der Waals surface area contributed by atoms with Crippen molar-refractivity contribution in [2.45, 2.75) is 6.42 Å². The molecule has 0 bridgehead atoms. The van der Waals surface area contributed by atoms with Gasteiger partial charge in [0.25, 0.3) is 5.69 Å². The number of allylic oxidation sites excluding steroid dienone is 1. The lowest BCUT2D eigenvalue weighted by atomic mass is 10.1. The number of rotatable bonds is 4. The molecule has 0 aliphatic rings. The van der Waals surface area contributed by atoms with Gasteiger partial charge < -0.3 is 5.73 Å². The van der Waals surface area contributed by atoms with E-state index in [1.165, 1.54) is 6.07 Å². The van der Waals surface area contributed by atoms with Crippen LogP contribution in [0.2, 0.25) is 0 Å². The quantitative estimate of drug-likeness (QED) is 0.371. The SMILES string of the molecule is Nc1ccc(C=CCCCl)c([N+](=O)[O-])c1. The lowest BCUT2D eigenvalue weighted by molar-refractivity contribution is -0.385. The maximum absolute atomic E-state index is 10.7. The number of nitro benzene ring substituents is 1. The van der Waals surface area contributed by atoms with Crippen LogP contribution in [0.25, 0.3) is 6.08 Å². The number of benzene rings is 1. The van der Waals surface area contributed by atoms with Crippen molar-refractivity contribution in [3.05, 3.63) is 40.0 Å². The first kappa shape index (κ1) is 11.5. The Kier molecular flexibility index (Phi) is 4.12. The largest absolute Gasteiger partial charge is 0.399 e. The Balaban J connectivity index is 3.01. The Morgan fingerprint density at radius 3 is 2.87 bits per heavy atom. The lowest BCUT2D eigenvalue weighted by Crippen LogP contribution is -1.94. The van der Waals surface area contributed by atoms with Gasteiger partial charge >= 0.3 is 0 Å². The fraction of sp³-hybridized carbons (Fsp3) is 0.200. The number of hydrogen-bond acceptors (Lipinski definition) is 3. The van der Waals surface area contributed by atoms with E-state index in [1.807, 2.05) is 0 Å². The first-order valence-electron chi connectivity index (χ1n) is 4.41. The Morgan fingerprint density at radius 1 is 1.53 bits per heavy atom. The summed E-state index contributed by atoms with van der Waals surface area (Å²) in [4.78, 5) is 10.2. The average Bonchev–Trinajstić information content (AvgIpc) is 2.20. The van der Waals surface area contributed by atoms with Crippen LogP contribution in [0.5, 0.6) is 0 Å². The highest BCUT2D eigenvalue weighted by Gasteiger charge is 2.10. The van der Waals surface area contributed by atoms with E-state index in [1.54, 1.807) is 24.3 Å². The molecule has 80 valence electrons. The van der Waals surface area contributed by atoms with Crippen LogP contribution >= 0.6 is 11.6 Å². The summed E-state index contributed by atoms with van der Waals surface area (Å²) in [7, 11) is 0. The summed E-state index contributed by atoms with van der Waals surface area (Å²) in [5.74, 6) is 0.499. The van der Waals surface area contributed by atoms with Crippen molar-refractivity contribution in [2.24, 2.45) is 0 Å². The minimum Gasteiger partial charge on any atom is -0.399 e. The molecule has 2 N–H and O–H groups in total. The van der Waals surface area contributed by atoms with Gasteiger partial charge in [0, 0.05) is 17.6 Å². The molecule has 15 heavy (non-hydrogen) atoms. The second-order valence-electron chi connectivity index (χ2n) is 2.96. The van der Waals surface area contributed by atoms with Gasteiger partial charge in [0.05, 0.1) is 10.5 Å². The van der Waals surface area contributed by atoms with E-state index in [0.717, 1.165) is 0 Å². The molecule has 0 heterocycles. The molecule has 0 saturated carbocycles. The second kappa shape index (κ2) is 5.36. The summed E-state index contributed by atoms with van der Waals surface area (Å²) in [5.41, 5.74) is 6.41. The van der Waals surface area contributed by atoms with Crippen molar-refractivity contribution in [1.29, 1.82) is 0 Å². The molecular weight excluding hydrogens is 216 g/mol. The monoisotopic (exact) mass is 226 g/mol. The predicted molar refractivity (Wildman–Crippen MR) is 61.9 cm³/mol. The van der Waals surface area contributed by atoms with Crippen molar-refractivity contribution >= 4 is 29.1 Å². The van der Waals surface area contributed by atoms with Gasteiger partial charge in [-0.15, -0.1) is 11.6 Å². The summed E-state index contributed by atoms with van der Waals surface area (Å²) < 4.78 is 0. The maximum atomic E-state index is 10.7. The van der Waals surface area contributed by atoms with E-state index in [2.05, 4.69) is 0 Å². The molecule has 0 unspecified atom stereocenters. The molecule has 0 amide bonds. The number of hydrogen-bond donors (Lipinski definition) is 1. The Labute approximate surface area is 92.5 Å². The van der Waals surface area contributed by atoms with Gasteiger partial charge in [-0.25, -0.2) is 0 Å². The summed E-state index contributed by atoms with van der Waals surface area (Å²) in [5, 5.41) is 10.7. The third-order valence-electron chi connectivity index (χ3n) is 1.82. The number of halogens is 1. The Bertz CT molecular complexity index is 391. The van der Waals surface area contributed by atoms with E-state index >= 15 is 0 Å². The summed E-state index contributed by atoms with van der Waals surface area (Å²) in [6.07, 6.45) is 4.16. The topological polar surface area (TPSA) is 69.2 Å². The molecular formula is C10H11ClN2O2. The number of nitrogen functional groups attached to an aromatic ring is 1. The minimum atomic E-state index is -0.448.